The van der Waals surface area contributed by atoms with Crippen molar-refractivity contribution in [1.82, 2.24) is 0 Å². The van der Waals surface area contributed by atoms with E-state index in [1.165, 1.54) is 6.20 Å². The standard InChI is InChI=1S/C6H7N3O2/c1-4-2-5(3-8-9-7)6(10)11-4/h3-4H,2H2,1H3/b5-3+/t4-/m0/s1. The topological polar surface area (TPSA) is 75.1 Å². The molecule has 0 radical (unpaired) electrons. The number of nitrogens with zero attached hydrogens (tertiary/aromatic N) is 3. The summed E-state index contributed by atoms with van der Waals surface area (Å²) in [5.41, 5.74) is 8.38. The summed E-state index contributed by atoms with van der Waals surface area (Å²) in [6, 6.07) is 0. The summed E-state index contributed by atoms with van der Waals surface area (Å²) in [5.74, 6) is -0.384. The summed E-state index contributed by atoms with van der Waals surface area (Å²) < 4.78 is 4.78. The van der Waals surface area contributed by atoms with Crippen LogP contribution < -0.4 is 0 Å². The van der Waals surface area contributed by atoms with E-state index in [4.69, 9.17) is 10.3 Å². The molecule has 0 aromatic carbocycles. The number of esters is 1. The number of ether oxygens (including phenoxy) is 1. The molecule has 1 heterocycles. The van der Waals surface area contributed by atoms with Crippen LogP contribution in [0.5, 0.6) is 0 Å². The highest BCUT2D eigenvalue weighted by Crippen LogP contribution is 2.19. The summed E-state index contributed by atoms with van der Waals surface area (Å²) in [5, 5.41) is 3.16. The molecular formula is C6H7N3O2. The van der Waals surface area contributed by atoms with Crippen LogP contribution in [0.4, 0.5) is 0 Å². The van der Waals surface area contributed by atoms with Crippen molar-refractivity contribution in [2.75, 3.05) is 0 Å². The predicted molar refractivity (Wildman–Crippen MR) is 37.4 cm³/mol. The van der Waals surface area contributed by atoms with Crippen LogP contribution >= 0.6 is 0 Å². The van der Waals surface area contributed by atoms with E-state index in [0.717, 1.165) is 0 Å². The molecule has 58 valence electrons. The van der Waals surface area contributed by atoms with Crippen LogP contribution in [0.15, 0.2) is 16.9 Å². The van der Waals surface area contributed by atoms with Gasteiger partial charge in [-0.1, -0.05) is 5.11 Å². The molecule has 0 aromatic heterocycles. The van der Waals surface area contributed by atoms with Gasteiger partial charge in [-0.15, -0.1) is 0 Å². The summed E-state index contributed by atoms with van der Waals surface area (Å²) in [6.07, 6.45) is 1.63. The highest BCUT2D eigenvalue weighted by molar-refractivity contribution is 5.90. The Morgan fingerprint density at radius 1 is 1.91 bits per heavy atom. The van der Waals surface area contributed by atoms with Crippen LogP contribution in [0, 0.1) is 0 Å². The summed E-state index contributed by atoms with van der Waals surface area (Å²) >= 11 is 0. The molecule has 1 aliphatic rings. The van der Waals surface area contributed by atoms with Crippen LogP contribution in [0.1, 0.15) is 13.3 Å². The normalized spacial score (nSPS) is 26.5. The predicted octanol–water partition coefficient (Wildman–Crippen LogP) is 1.52. The van der Waals surface area contributed by atoms with Crippen LogP contribution in [0.25, 0.3) is 10.4 Å². The smallest absolute Gasteiger partial charge is 0.334 e. The second kappa shape index (κ2) is 3.07. The molecule has 1 saturated heterocycles. The number of cyclic esters (lactones) is 1. The molecule has 1 atom stereocenters. The molecule has 0 aliphatic carbocycles. The summed E-state index contributed by atoms with van der Waals surface area (Å²) in [6.45, 7) is 1.79. The maximum atomic E-state index is 10.8. The zero-order valence-corrected chi connectivity index (χ0v) is 6.02. The molecule has 5 nitrogen and oxygen atoms in total. The van der Waals surface area contributed by atoms with Crippen molar-refractivity contribution in [3.8, 4) is 0 Å². The number of hydrogen-bond acceptors (Lipinski definition) is 3. The van der Waals surface area contributed by atoms with E-state index in [-0.39, 0.29) is 12.1 Å². The fraction of sp³-hybridized carbons (Fsp3) is 0.500. The lowest BCUT2D eigenvalue weighted by molar-refractivity contribution is -0.138. The van der Waals surface area contributed by atoms with Crippen LogP contribution in [0.3, 0.4) is 0 Å². The van der Waals surface area contributed by atoms with Gasteiger partial charge in [0, 0.05) is 23.1 Å². The molecular weight excluding hydrogens is 146 g/mol. The van der Waals surface area contributed by atoms with Crippen LogP contribution in [0.2, 0.25) is 0 Å². The van der Waals surface area contributed by atoms with E-state index in [9.17, 15) is 4.79 Å². The van der Waals surface area contributed by atoms with Crippen molar-refractivity contribution in [2.24, 2.45) is 5.11 Å². The number of azide groups is 1. The van der Waals surface area contributed by atoms with E-state index in [1.807, 2.05) is 0 Å². The highest BCUT2D eigenvalue weighted by atomic mass is 16.5. The Labute approximate surface area is 63.3 Å². The SMILES string of the molecule is C[C@H]1C/C(=C\N=[N+]=[N-])C(=O)O1. The quantitative estimate of drug-likeness (QED) is 0.188. The molecule has 0 N–H and O–H groups in total. The zero-order chi connectivity index (χ0) is 8.27. The lowest BCUT2D eigenvalue weighted by Gasteiger charge is -1.94. The molecule has 0 amide bonds. The lowest BCUT2D eigenvalue weighted by Crippen LogP contribution is -1.99. The number of carbonyl (C=O) groups is 1. The zero-order valence-electron chi connectivity index (χ0n) is 6.02. The van der Waals surface area contributed by atoms with Gasteiger partial charge in [0.1, 0.15) is 6.10 Å². The Hall–Kier alpha value is -1.48. The Kier molecular flexibility index (Phi) is 2.13. The molecule has 11 heavy (non-hydrogen) atoms. The van der Waals surface area contributed by atoms with Gasteiger partial charge in [-0.25, -0.2) is 4.79 Å². The van der Waals surface area contributed by atoms with Crippen molar-refractivity contribution in [2.45, 2.75) is 19.4 Å². The molecule has 0 bridgehead atoms. The van der Waals surface area contributed by atoms with E-state index in [1.54, 1.807) is 6.92 Å². The van der Waals surface area contributed by atoms with Crippen molar-refractivity contribution in [3.63, 3.8) is 0 Å². The fourth-order valence-corrected chi connectivity index (χ4v) is 0.894. The Morgan fingerprint density at radius 3 is 3.09 bits per heavy atom. The first kappa shape index (κ1) is 7.63. The van der Waals surface area contributed by atoms with Gasteiger partial charge >= 0.3 is 5.97 Å². The number of hydrogen-bond donors (Lipinski definition) is 0. The first-order valence-electron chi connectivity index (χ1n) is 3.18. The van der Waals surface area contributed by atoms with E-state index in [0.29, 0.717) is 12.0 Å². The van der Waals surface area contributed by atoms with Crippen molar-refractivity contribution in [1.29, 1.82) is 0 Å². The maximum Gasteiger partial charge on any atom is 0.334 e. The Morgan fingerprint density at radius 2 is 2.64 bits per heavy atom. The molecule has 0 aromatic rings. The van der Waals surface area contributed by atoms with E-state index < -0.39 is 0 Å². The number of rotatable bonds is 1. The largest absolute Gasteiger partial charge is 0.459 e. The monoisotopic (exact) mass is 153 g/mol. The van der Waals surface area contributed by atoms with Gasteiger partial charge < -0.3 is 4.74 Å². The van der Waals surface area contributed by atoms with Gasteiger partial charge in [0.15, 0.2) is 0 Å². The second-order valence-electron chi connectivity index (χ2n) is 2.28. The summed E-state index contributed by atoms with van der Waals surface area (Å²) in [7, 11) is 0. The first-order valence-corrected chi connectivity index (χ1v) is 3.18. The maximum absolute atomic E-state index is 10.8. The third-order valence-electron chi connectivity index (χ3n) is 1.34. The van der Waals surface area contributed by atoms with Gasteiger partial charge in [0.2, 0.25) is 0 Å². The highest BCUT2D eigenvalue weighted by Gasteiger charge is 2.24. The molecule has 1 aliphatic heterocycles. The average molecular weight is 153 g/mol. The minimum Gasteiger partial charge on any atom is -0.459 e. The Balaban J connectivity index is 2.74. The van der Waals surface area contributed by atoms with Gasteiger partial charge in [0.25, 0.3) is 0 Å². The van der Waals surface area contributed by atoms with Crippen molar-refractivity contribution >= 4 is 5.97 Å². The van der Waals surface area contributed by atoms with Crippen LogP contribution in [-0.2, 0) is 9.53 Å². The molecule has 0 unspecified atom stereocenters. The fourth-order valence-electron chi connectivity index (χ4n) is 0.894. The molecule has 5 heteroatoms. The molecule has 1 rings (SSSR count). The third kappa shape index (κ3) is 1.72. The van der Waals surface area contributed by atoms with Gasteiger partial charge in [-0.3, -0.25) is 0 Å². The minimum absolute atomic E-state index is 0.0948. The minimum atomic E-state index is -0.384. The molecule has 0 spiro atoms. The lowest BCUT2D eigenvalue weighted by atomic mass is 10.2. The number of carbonyl (C=O) groups excluding carboxylic acids is 1. The van der Waals surface area contributed by atoms with Gasteiger partial charge in [-0.05, 0) is 12.5 Å². The molecule has 1 fully saturated rings. The van der Waals surface area contributed by atoms with Gasteiger partial charge in [0.05, 0.1) is 0 Å². The average Bonchev–Trinajstić information content (AvgIpc) is 2.26. The summed E-state index contributed by atoms with van der Waals surface area (Å²) in [4.78, 5) is 13.3. The first-order chi connectivity index (χ1) is 5.24. The Bertz CT molecular complexity index is 253. The molecule has 0 saturated carbocycles. The second-order valence-corrected chi connectivity index (χ2v) is 2.28. The van der Waals surface area contributed by atoms with Crippen molar-refractivity contribution in [3.05, 3.63) is 22.2 Å². The van der Waals surface area contributed by atoms with Gasteiger partial charge in [-0.2, -0.15) is 0 Å². The third-order valence-corrected chi connectivity index (χ3v) is 1.34. The van der Waals surface area contributed by atoms with E-state index >= 15 is 0 Å². The van der Waals surface area contributed by atoms with Crippen molar-refractivity contribution < 1.29 is 9.53 Å². The van der Waals surface area contributed by atoms with E-state index in [2.05, 4.69) is 10.0 Å². The van der Waals surface area contributed by atoms with Crippen LogP contribution in [-0.4, -0.2) is 12.1 Å².